The van der Waals surface area contributed by atoms with E-state index in [1.165, 1.54) is 65.7 Å². The smallest absolute Gasteiger partial charge is 0.234 e. The minimum atomic E-state index is 0.712. The number of imidazole rings is 1. The zero-order chi connectivity index (χ0) is 26.1. The van der Waals surface area contributed by atoms with Crippen LogP contribution in [0.15, 0.2) is 116 Å². The molecule has 0 N–H and O–H groups in total. The second-order valence-electron chi connectivity index (χ2n) is 10.4. The molecule has 8 rings (SSSR count). The van der Waals surface area contributed by atoms with Crippen LogP contribution < -0.4 is 0 Å². The van der Waals surface area contributed by atoms with E-state index in [9.17, 15) is 0 Å². The molecule has 0 fully saturated rings. The molecule has 2 aromatic heterocycles. The molecule has 0 saturated carbocycles. The Bertz CT molecular complexity index is 2150. The molecule has 0 saturated heterocycles. The first-order chi connectivity index (χ1) is 19.2. The third-order valence-corrected chi connectivity index (χ3v) is 8.12. The zero-order valence-corrected chi connectivity index (χ0v) is 21.8. The predicted molar refractivity (Wildman–Crippen MR) is 162 cm³/mol. The van der Waals surface area contributed by atoms with Gasteiger partial charge < -0.3 is 0 Å². The number of aromatic nitrogens is 3. The topological polar surface area (TPSA) is 30.2 Å². The maximum absolute atomic E-state index is 4.69. The number of aryl methyl sites for hydroxylation is 2. The van der Waals surface area contributed by atoms with E-state index in [0.29, 0.717) is 5.78 Å². The van der Waals surface area contributed by atoms with Crippen molar-refractivity contribution in [2.24, 2.45) is 0 Å². The average molecular weight is 500 g/mol. The summed E-state index contributed by atoms with van der Waals surface area (Å²) >= 11 is 0. The van der Waals surface area contributed by atoms with Gasteiger partial charge in [0.1, 0.15) is 0 Å². The molecule has 0 amide bonds. The lowest BCUT2D eigenvalue weighted by molar-refractivity contribution is 1.11. The van der Waals surface area contributed by atoms with Crippen LogP contribution in [0.2, 0.25) is 0 Å². The van der Waals surface area contributed by atoms with Crippen molar-refractivity contribution in [3.63, 3.8) is 0 Å². The number of hydrogen-bond donors (Lipinski definition) is 0. The zero-order valence-electron chi connectivity index (χ0n) is 21.8. The fraction of sp³-hybridized carbons (Fsp3) is 0.0556. The van der Waals surface area contributed by atoms with Gasteiger partial charge in [0.15, 0.2) is 0 Å². The fourth-order valence-corrected chi connectivity index (χ4v) is 6.27. The van der Waals surface area contributed by atoms with Gasteiger partial charge in [0.25, 0.3) is 0 Å². The van der Waals surface area contributed by atoms with Crippen LogP contribution in [0.1, 0.15) is 11.1 Å². The van der Waals surface area contributed by atoms with E-state index in [2.05, 4.69) is 115 Å². The summed E-state index contributed by atoms with van der Waals surface area (Å²) in [6.45, 7) is 4.44. The summed E-state index contributed by atoms with van der Waals surface area (Å²) in [5, 5.41) is 7.88. The maximum Gasteiger partial charge on any atom is 0.234 e. The van der Waals surface area contributed by atoms with Gasteiger partial charge in [0.2, 0.25) is 5.78 Å². The predicted octanol–water partition coefficient (Wildman–Crippen LogP) is 9.24. The van der Waals surface area contributed by atoms with Crippen LogP contribution in [-0.2, 0) is 0 Å². The Balaban J connectivity index is 1.32. The van der Waals surface area contributed by atoms with Crippen molar-refractivity contribution in [3.05, 3.63) is 127 Å². The highest BCUT2D eigenvalue weighted by molar-refractivity contribution is 6.28. The number of hydrogen-bond acceptors (Lipinski definition) is 2. The van der Waals surface area contributed by atoms with E-state index in [1.54, 1.807) is 6.20 Å². The first-order valence-electron chi connectivity index (χ1n) is 13.3. The molecule has 0 unspecified atom stereocenters. The lowest BCUT2D eigenvalue weighted by Crippen LogP contribution is -1.93. The van der Waals surface area contributed by atoms with Crippen molar-refractivity contribution in [3.8, 4) is 33.5 Å². The summed E-state index contributed by atoms with van der Waals surface area (Å²) in [4.78, 5) is 9.04. The van der Waals surface area contributed by atoms with Crippen LogP contribution in [0.4, 0.5) is 0 Å². The van der Waals surface area contributed by atoms with Gasteiger partial charge in [-0.2, -0.15) is 0 Å². The third kappa shape index (κ3) is 3.30. The van der Waals surface area contributed by atoms with Crippen molar-refractivity contribution in [1.82, 2.24) is 14.4 Å². The number of nitrogens with zero attached hydrogens (tertiary/aromatic N) is 3. The summed E-state index contributed by atoms with van der Waals surface area (Å²) in [6, 6.07) is 35.5. The summed E-state index contributed by atoms with van der Waals surface area (Å²) in [7, 11) is 0. The standard InChI is InChI=1S/C36H25N3/c1-22-6-3-4-7-28(22)33-23(2)20-27-14-16-30-29(15-12-26-13-17-31(33)35(27)34(26)30)24-8-10-25(11-9-24)32-21-39-19-5-18-37-36(39)38-32/h3-21H,1-2H3. The van der Waals surface area contributed by atoms with Crippen LogP contribution >= 0.6 is 0 Å². The van der Waals surface area contributed by atoms with Gasteiger partial charge in [-0.15, -0.1) is 0 Å². The Morgan fingerprint density at radius 1 is 0.615 bits per heavy atom. The molecule has 0 radical (unpaired) electrons. The molecule has 3 heteroatoms. The molecule has 3 nitrogen and oxygen atoms in total. The molecule has 0 bridgehead atoms. The largest absolute Gasteiger partial charge is 0.291 e. The Kier molecular flexibility index (Phi) is 4.65. The first-order valence-corrected chi connectivity index (χ1v) is 13.3. The molecule has 0 aliphatic carbocycles. The van der Waals surface area contributed by atoms with E-state index < -0.39 is 0 Å². The normalized spacial score (nSPS) is 11.8. The summed E-state index contributed by atoms with van der Waals surface area (Å²) in [5.74, 6) is 0.712. The second-order valence-corrected chi connectivity index (χ2v) is 10.4. The van der Waals surface area contributed by atoms with E-state index in [0.717, 1.165) is 11.3 Å². The van der Waals surface area contributed by atoms with Gasteiger partial charge in [0, 0.05) is 24.2 Å². The molecule has 0 spiro atoms. The fourth-order valence-electron chi connectivity index (χ4n) is 6.27. The van der Waals surface area contributed by atoms with E-state index in [1.807, 2.05) is 22.9 Å². The number of fused-ring (bicyclic) bond motifs is 1. The summed E-state index contributed by atoms with van der Waals surface area (Å²) < 4.78 is 1.96. The Hall–Kier alpha value is -5.02. The molecule has 0 aliphatic heterocycles. The van der Waals surface area contributed by atoms with Gasteiger partial charge in [-0.05, 0) is 85.6 Å². The lowest BCUT2D eigenvalue weighted by atomic mass is 9.84. The van der Waals surface area contributed by atoms with Gasteiger partial charge in [-0.25, -0.2) is 9.97 Å². The first kappa shape index (κ1) is 22.0. The Labute approximate surface area is 226 Å². The monoisotopic (exact) mass is 499 g/mol. The Morgan fingerprint density at radius 3 is 2.21 bits per heavy atom. The van der Waals surface area contributed by atoms with Gasteiger partial charge in [0.05, 0.1) is 5.69 Å². The van der Waals surface area contributed by atoms with Gasteiger partial charge >= 0.3 is 0 Å². The second kappa shape index (κ2) is 8.24. The lowest BCUT2D eigenvalue weighted by Gasteiger charge is -2.19. The molecule has 2 heterocycles. The van der Waals surface area contributed by atoms with Crippen molar-refractivity contribution >= 4 is 38.1 Å². The van der Waals surface area contributed by atoms with Crippen molar-refractivity contribution in [1.29, 1.82) is 0 Å². The minimum absolute atomic E-state index is 0.712. The molecule has 0 aliphatic rings. The van der Waals surface area contributed by atoms with Crippen LogP contribution in [-0.4, -0.2) is 14.4 Å². The van der Waals surface area contributed by atoms with E-state index in [4.69, 9.17) is 0 Å². The number of benzene rings is 6. The minimum Gasteiger partial charge on any atom is -0.291 e. The van der Waals surface area contributed by atoms with Crippen LogP contribution in [0.3, 0.4) is 0 Å². The highest BCUT2D eigenvalue weighted by Crippen LogP contribution is 2.44. The van der Waals surface area contributed by atoms with Crippen LogP contribution in [0.5, 0.6) is 0 Å². The van der Waals surface area contributed by atoms with Crippen molar-refractivity contribution in [2.75, 3.05) is 0 Å². The quantitative estimate of drug-likeness (QED) is 0.227. The summed E-state index contributed by atoms with van der Waals surface area (Å²) in [6.07, 6.45) is 5.78. The van der Waals surface area contributed by atoms with Gasteiger partial charge in [-0.3, -0.25) is 4.40 Å². The van der Waals surface area contributed by atoms with Crippen LogP contribution in [0, 0.1) is 13.8 Å². The number of rotatable bonds is 3. The molecule has 0 atom stereocenters. The van der Waals surface area contributed by atoms with Gasteiger partial charge in [-0.1, -0.05) is 91.0 Å². The molecule has 39 heavy (non-hydrogen) atoms. The van der Waals surface area contributed by atoms with Crippen LogP contribution in [0.25, 0.3) is 71.6 Å². The molecule has 184 valence electrons. The average Bonchev–Trinajstić information content (AvgIpc) is 3.41. The maximum atomic E-state index is 4.69. The van der Waals surface area contributed by atoms with E-state index in [-0.39, 0.29) is 0 Å². The van der Waals surface area contributed by atoms with E-state index >= 15 is 0 Å². The third-order valence-electron chi connectivity index (χ3n) is 8.12. The Morgan fingerprint density at radius 2 is 1.36 bits per heavy atom. The highest BCUT2D eigenvalue weighted by Gasteiger charge is 2.17. The molecular weight excluding hydrogens is 474 g/mol. The molecule has 6 aromatic carbocycles. The SMILES string of the molecule is Cc1ccccc1-c1c(C)cc2ccc3c(-c4ccc(-c5cn6cccnc6n5)cc4)ccc4ccc1c2c43. The summed E-state index contributed by atoms with van der Waals surface area (Å²) in [5.41, 5.74) is 9.73. The van der Waals surface area contributed by atoms with Crippen molar-refractivity contribution in [2.45, 2.75) is 13.8 Å². The van der Waals surface area contributed by atoms with Crippen molar-refractivity contribution < 1.29 is 0 Å². The highest BCUT2D eigenvalue weighted by atomic mass is 15.1. The molecular formula is C36H25N3. The molecule has 8 aromatic rings.